The van der Waals surface area contributed by atoms with Gasteiger partial charge in [0.1, 0.15) is 11.9 Å². The fourth-order valence-electron chi connectivity index (χ4n) is 2.06. The minimum atomic E-state index is -0.378. The van der Waals surface area contributed by atoms with E-state index < -0.39 is 0 Å². The van der Waals surface area contributed by atoms with Crippen LogP contribution in [0, 0.1) is 0 Å². The molecule has 0 radical (unpaired) electrons. The van der Waals surface area contributed by atoms with Crippen LogP contribution in [-0.4, -0.2) is 37.3 Å². The molecule has 0 bridgehead atoms. The van der Waals surface area contributed by atoms with Gasteiger partial charge in [-0.3, -0.25) is 0 Å². The summed E-state index contributed by atoms with van der Waals surface area (Å²) in [4.78, 5) is 17.4. The standard InChI is InChI=1S/C12H18N4O2/c1-14-12(17)18-10-3-2-6-16(8-10)9-4-5-11(13)15-7-9/h4-5,7,10H,2-3,6,8H2,1H3,(H2,13,15)(H,14,17)/t10-/m1/s1. The lowest BCUT2D eigenvalue weighted by Crippen LogP contribution is -2.41. The molecule has 0 spiro atoms. The molecular formula is C12H18N4O2. The van der Waals surface area contributed by atoms with Crippen molar-refractivity contribution in [1.29, 1.82) is 0 Å². The van der Waals surface area contributed by atoms with Crippen LogP contribution in [0.1, 0.15) is 12.8 Å². The van der Waals surface area contributed by atoms with Crippen molar-refractivity contribution >= 4 is 17.6 Å². The lowest BCUT2D eigenvalue weighted by molar-refractivity contribution is 0.0901. The van der Waals surface area contributed by atoms with E-state index in [1.165, 1.54) is 0 Å². The van der Waals surface area contributed by atoms with Gasteiger partial charge in [0.2, 0.25) is 0 Å². The average Bonchev–Trinajstić information content (AvgIpc) is 2.40. The van der Waals surface area contributed by atoms with Crippen molar-refractivity contribution in [2.45, 2.75) is 18.9 Å². The second-order valence-electron chi connectivity index (χ2n) is 4.31. The maximum Gasteiger partial charge on any atom is 0.407 e. The quantitative estimate of drug-likeness (QED) is 0.818. The van der Waals surface area contributed by atoms with Gasteiger partial charge in [-0.05, 0) is 25.0 Å². The number of anilines is 2. The maximum absolute atomic E-state index is 11.2. The first-order chi connectivity index (χ1) is 8.69. The van der Waals surface area contributed by atoms with Crippen LogP contribution in [-0.2, 0) is 4.74 Å². The van der Waals surface area contributed by atoms with E-state index in [2.05, 4.69) is 15.2 Å². The summed E-state index contributed by atoms with van der Waals surface area (Å²) in [5.74, 6) is 0.508. The molecule has 1 aliphatic rings. The van der Waals surface area contributed by atoms with Crippen molar-refractivity contribution in [1.82, 2.24) is 10.3 Å². The van der Waals surface area contributed by atoms with E-state index in [1.54, 1.807) is 19.3 Å². The Morgan fingerprint density at radius 3 is 3.11 bits per heavy atom. The van der Waals surface area contributed by atoms with E-state index in [-0.39, 0.29) is 12.2 Å². The van der Waals surface area contributed by atoms with Crippen LogP contribution in [0.3, 0.4) is 0 Å². The molecule has 0 unspecified atom stereocenters. The van der Waals surface area contributed by atoms with Crippen LogP contribution in [0.5, 0.6) is 0 Å². The number of nitrogens with one attached hydrogen (secondary N) is 1. The molecule has 1 aromatic heterocycles. The first-order valence-electron chi connectivity index (χ1n) is 6.04. The van der Waals surface area contributed by atoms with Crippen LogP contribution in [0.25, 0.3) is 0 Å². The summed E-state index contributed by atoms with van der Waals surface area (Å²) in [6, 6.07) is 3.71. The van der Waals surface area contributed by atoms with E-state index in [0.717, 1.165) is 25.1 Å². The largest absolute Gasteiger partial charge is 0.444 e. The first-order valence-corrected chi connectivity index (χ1v) is 6.04. The van der Waals surface area contributed by atoms with E-state index in [1.807, 2.05) is 6.07 Å². The Bertz CT molecular complexity index is 407. The summed E-state index contributed by atoms with van der Waals surface area (Å²) in [6.45, 7) is 1.64. The number of nitrogens with zero attached hydrogens (tertiary/aromatic N) is 2. The first kappa shape index (κ1) is 12.5. The highest BCUT2D eigenvalue weighted by atomic mass is 16.6. The van der Waals surface area contributed by atoms with Gasteiger partial charge in [-0.15, -0.1) is 0 Å². The highest BCUT2D eigenvalue weighted by molar-refractivity contribution is 5.67. The molecule has 2 heterocycles. The van der Waals surface area contributed by atoms with Crippen molar-refractivity contribution in [3.8, 4) is 0 Å². The third-order valence-electron chi connectivity index (χ3n) is 2.99. The lowest BCUT2D eigenvalue weighted by atomic mass is 10.1. The van der Waals surface area contributed by atoms with Crippen molar-refractivity contribution in [3.63, 3.8) is 0 Å². The fraction of sp³-hybridized carbons (Fsp3) is 0.500. The van der Waals surface area contributed by atoms with Crippen molar-refractivity contribution < 1.29 is 9.53 Å². The number of pyridine rings is 1. The molecule has 2 rings (SSSR count). The number of hydrogen-bond donors (Lipinski definition) is 2. The SMILES string of the molecule is CNC(=O)O[C@@H]1CCCN(c2ccc(N)nc2)C1. The number of nitrogen functional groups attached to an aromatic ring is 1. The number of hydrogen-bond acceptors (Lipinski definition) is 5. The molecule has 1 aliphatic heterocycles. The highest BCUT2D eigenvalue weighted by Gasteiger charge is 2.23. The lowest BCUT2D eigenvalue weighted by Gasteiger charge is -2.33. The summed E-state index contributed by atoms with van der Waals surface area (Å²) in [5, 5.41) is 2.47. The Morgan fingerprint density at radius 2 is 2.44 bits per heavy atom. The smallest absolute Gasteiger partial charge is 0.407 e. The van der Waals surface area contributed by atoms with Crippen LogP contribution in [0.2, 0.25) is 0 Å². The summed E-state index contributed by atoms with van der Waals surface area (Å²) < 4.78 is 5.28. The second-order valence-corrected chi connectivity index (χ2v) is 4.31. The number of carbonyl (C=O) groups excluding carboxylic acids is 1. The summed E-state index contributed by atoms with van der Waals surface area (Å²) >= 11 is 0. The summed E-state index contributed by atoms with van der Waals surface area (Å²) in [6.07, 6.45) is 3.18. The number of rotatable bonds is 2. The minimum Gasteiger partial charge on any atom is -0.444 e. The van der Waals surface area contributed by atoms with Gasteiger partial charge in [-0.25, -0.2) is 9.78 Å². The topological polar surface area (TPSA) is 80.5 Å². The molecule has 6 nitrogen and oxygen atoms in total. The van der Waals surface area contributed by atoms with Gasteiger partial charge in [0, 0.05) is 13.6 Å². The molecule has 0 saturated carbocycles. The van der Waals surface area contributed by atoms with E-state index >= 15 is 0 Å². The zero-order valence-corrected chi connectivity index (χ0v) is 10.4. The zero-order chi connectivity index (χ0) is 13.0. The van der Waals surface area contributed by atoms with E-state index in [0.29, 0.717) is 12.4 Å². The predicted molar refractivity (Wildman–Crippen MR) is 69.4 cm³/mol. The molecular weight excluding hydrogens is 232 g/mol. The molecule has 18 heavy (non-hydrogen) atoms. The molecule has 1 saturated heterocycles. The second kappa shape index (κ2) is 5.57. The van der Waals surface area contributed by atoms with Gasteiger partial charge in [0.25, 0.3) is 0 Å². The Balaban J connectivity index is 1.98. The van der Waals surface area contributed by atoms with Gasteiger partial charge in [0.05, 0.1) is 18.4 Å². The Morgan fingerprint density at radius 1 is 1.61 bits per heavy atom. The molecule has 1 aromatic rings. The minimum absolute atomic E-state index is 0.0729. The monoisotopic (exact) mass is 250 g/mol. The summed E-state index contributed by atoms with van der Waals surface area (Å²) in [7, 11) is 1.56. The van der Waals surface area contributed by atoms with Gasteiger partial charge in [0.15, 0.2) is 0 Å². The zero-order valence-electron chi connectivity index (χ0n) is 10.4. The molecule has 1 fully saturated rings. The molecule has 6 heteroatoms. The number of carbonyl (C=O) groups is 1. The van der Waals surface area contributed by atoms with Crippen LogP contribution < -0.4 is 16.0 Å². The van der Waals surface area contributed by atoms with Crippen LogP contribution in [0.4, 0.5) is 16.3 Å². The number of aromatic nitrogens is 1. The molecule has 3 N–H and O–H groups in total. The van der Waals surface area contributed by atoms with Crippen molar-refractivity contribution in [2.75, 3.05) is 30.8 Å². The number of ether oxygens (including phenoxy) is 1. The third-order valence-corrected chi connectivity index (χ3v) is 2.99. The maximum atomic E-state index is 11.2. The normalized spacial score (nSPS) is 19.4. The van der Waals surface area contributed by atoms with Gasteiger partial charge < -0.3 is 20.7 Å². The average molecular weight is 250 g/mol. The Hall–Kier alpha value is -1.98. The predicted octanol–water partition coefficient (Wildman–Crippen LogP) is 0.989. The molecule has 1 atom stereocenters. The van der Waals surface area contributed by atoms with E-state index in [9.17, 15) is 4.79 Å². The summed E-state index contributed by atoms with van der Waals surface area (Å²) in [5.41, 5.74) is 6.57. The molecule has 98 valence electrons. The number of piperidine rings is 1. The van der Waals surface area contributed by atoms with Crippen LogP contribution >= 0.6 is 0 Å². The Labute approximate surface area is 106 Å². The van der Waals surface area contributed by atoms with Gasteiger partial charge >= 0.3 is 6.09 Å². The van der Waals surface area contributed by atoms with Crippen molar-refractivity contribution in [2.24, 2.45) is 0 Å². The highest BCUT2D eigenvalue weighted by Crippen LogP contribution is 2.21. The third kappa shape index (κ3) is 3.03. The number of nitrogens with two attached hydrogens (primary N) is 1. The number of amides is 1. The molecule has 0 aliphatic carbocycles. The van der Waals surface area contributed by atoms with Gasteiger partial charge in [-0.1, -0.05) is 0 Å². The molecule has 0 aromatic carbocycles. The Kier molecular flexibility index (Phi) is 3.86. The number of alkyl carbamates (subject to hydrolysis) is 1. The van der Waals surface area contributed by atoms with Crippen LogP contribution in [0.15, 0.2) is 18.3 Å². The van der Waals surface area contributed by atoms with Crippen molar-refractivity contribution in [3.05, 3.63) is 18.3 Å². The van der Waals surface area contributed by atoms with E-state index in [4.69, 9.17) is 10.5 Å². The van der Waals surface area contributed by atoms with Gasteiger partial charge in [-0.2, -0.15) is 0 Å². The fourth-order valence-corrected chi connectivity index (χ4v) is 2.06. The molecule has 1 amide bonds.